The predicted octanol–water partition coefficient (Wildman–Crippen LogP) is 6.07. The maximum atomic E-state index is 13.9. The fourth-order valence-electron chi connectivity index (χ4n) is 2.05. The zero-order valence-electron chi connectivity index (χ0n) is 10.7. The average Bonchev–Trinajstić information content (AvgIpc) is 2.72. The van der Waals surface area contributed by atoms with Crippen LogP contribution in [0.5, 0.6) is 0 Å². The first-order chi connectivity index (χ1) is 9.51. The molecule has 0 aliphatic rings. The molecule has 1 unspecified atom stereocenters. The molecular weight excluding hydrogens is 473 g/mol. The molecule has 2 rings (SSSR count). The third-order valence-electron chi connectivity index (χ3n) is 2.94. The molecule has 0 fully saturated rings. The maximum Gasteiger partial charge on any atom is 0.126 e. The zero-order valence-corrected chi connectivity index (χ0v) is 16.3. The van der Waals surface area contributed by atoms with Gasteiger partial charge in [-0.15, -0.1) is 11.3 Å². The SMILES string of the molecule is CCNC(Cc1cc(Br)ccc1F)c1cc(Br)sc1Br. The average molecular weight is 486 g/mol. The Labute approximate surface area is 147 Å². The van der Waals surface area contributed by atoms with Crippen LogP contribution in [0.1, 0.15) is 24.1 Å². The lowest BCUT2D eigenvalue weighted by Gasteiger charge is -2.18. The van der Waals surface area contributed by atoms with Crippen molar-refractivity contribution in [2.45, 2.75) is 19.4 Å². The number of halogens is 4. The van der Waals surface area contributed by atoms with E-state index in [9.17, 15) is 4.39 Å². The first-order valence-corrected chi connectivity index (χ1v) is 9.32. The van der Waals surface area contributed by atoms with Gasteiger partial charge in [-0.2, -0.15) is 0 Å². The molecule has 6 heteroatoms. The molecular formula is C14H13Br3FNS. The van der Waals surface area contributed by atoms with Crippen LogP contribution in [-0.4, -0.2) is 6.54 Å². The summed E-state index contributed by atoms with van der Waals surface area (Å²) in [5.41, 5.74) is 1.86. The summed E-state index contributed by atoms with van der Waals surface area (Å²) in [6.45, 7) is 2.89. The van der Waals surface area contributed by atoms with Crippen LogP contribution in [0.4, 0.5) is 4.39 Å². The van der Waals surface area contributed by atoms with Crippen molar-refractivity contribution in [1.82, 2.24) is 5.32 Å². The summed E-state index contributed by atoms with van der Waals surface area (Å²) < 4.78 is 17.0. The van der Waals surface area contributed by atoms with Gasteiger partial charge in [0.15, 0.2) is 0 Å². The van der Waals surface area contributed by atoms with E-state index in [1.54, 1.807) is 17.4 Å². The van der Waals surface area contributed by atoms with E-state index in [-0.39, 0.29) is 11.9 Å². The van der Waals surface area contributed by atoms with E-state index in [4.69, 9.17) is 0 Å². The lowest BCUT2D eigenvalue weighted by molar-refractivity contribution is 0.527. The predicted molar refractivity (Wildman–Crippen MR) is 93.9 cm³/mol. The highest BCUT2D eigenvalue weighted by molar-refractivity contribution is 9.12. The van der Waals surface area contributed by atoms with Gasteiger partial charge < -0.3 is 5.32 Å². The van der Waals surface area contributed by atoms with Crippen LogP contribution in [0.3, 0.4) is 0 Å². The van der Waals surface area contributed by atoms with Crippen LogP contribution in [-0.2, 0) is 6.42 Å². The van der Waals surface area contributed by atoms with Crippen LogP contribution in [0.2, 0.25) is 0 Å². The van der Waals surface area contributed by atoms with Crippen molar-refractivity contribution < 1.29 is 4.39 Å². The van der Waals surface area contributed by atoms with E-state index in [2.05, 4.69) is 66.1 Å². The summed E-state index contributed by atoms with van der Waals surface area (Å²) in [5, 5.41) is 3.42. The molecule has 108 valence electrons. The maximum absolute atomic E-state index is 13.9. The molecule has 1 aromatic heterocycles. The topological polar surface area (TPSA) is 12.0 Å². The first-order valence-electron chi connectivity index (χ1n) is 6.13. The largest absolute Gasteiger partial charge is 0.310 e. The Kier molecular flexibility index (Phi) is 6.23. The lowest BCUT2D eigenvalue weighted by Crippen LogP contribution is -2.23. The zero-order chi connectivity index (χ0) is 14.7. The molecule has 2 aromatic rings. The Morgan fingerprint density at radius 1 is 1.25 bits per heavy atom. The van der Waals surface area contributed by atoms with Crippen LogP contribution < -0.4 is 5.32 Å². The number of thiophene rings is 1. The van der Waals surface area contributed by atoms with Crippen molar-refractivity contribution in [2.75, 3.05) is 6.54 Å². The van der Waals surface area contributed by atoms with Crippen molar-refractivity contribution in [3.05, 3.63) is 53.3 Å². The molecule has 0 radical (unpaired) electrons. The quantitative estimate of drug-likeness (QED) is 0.542. The number of nitrogens with one attached hydrogen (secondary N) is 1. The molecule has 0 aliphatic heterocycles. The van der Waals surface area contributed by atoms with E-state index in [0.29, 0.717) is 12.0 Å². The summed E-state index contributed by atoms with van der Waals surface area (Å²) in [5.74, 6) is -0.165. The minimum atomic E-state index is -0.165. The fourth-order valence-corrected chi connectivity index (χ4v) is 5.43. The molecule has 1 nitrogen and oxygen atoms in total. The number of rotatable bonds is 5. The molecule has 0 bridgehead atoms. The van der Waals surface area contributed by atoms with Crippen LogP contribution in [0.25, 0.3) is 0 Å². The van der Waals surface area contributed by atoms with E-state index < -0.39 is 0 Å². The number of hydrogen-bond donors (Lipinski definition) is 1. The molecule has 1 N–H and O–H groups in total. The highest BCUT2D eigenvalue weighted by Gasteiger charge is 2.18. The van der Waals surface area contributed by atoms with Crippen LogP contribution in [0.15, 0.2) is 36.3 Å². The van der Waals surface area contributed by atoms with E-state index in [0.717, 1.165) is 24.2 Å². The number of hydrogen-bond acceptors (Lipinski definition) is 2. The summed E-state index contributed by atoms with van der Waals surface area (Å²) in [6.07, 6.45) is 0.612. The highest BCUT2D eigenvalue weighted by Crippen LogP contribution is 2.37. The Morgan fingerprint density at radius 2 is 2.00 bits per heavy atom. The van der Waals surface area contributed by atoms with Gasteiger partial charge in [0.25, 0.3) is 0 Å². The van der Waals surface area contributed by atoms with Crippen molar-refractivity contribution in [1.29, 1.82) is 0 Å². The molecule has 0 aliphatic carbocycles. The molecule has 0 amide bonds. The van der Waals surface area contributed by atoms with E-state index in [1.165, 1.54) is 6.07 Å². The fraction of sp³-hybridized carbons (Fsp3) is 0.286. The standard InChI is InChI=1S/C14H13Br3FNS/c1-2-19-12(10-7-13(16)20-14(10)17)6-8-5-9(15)3-4-11(8)18/h3-5,7,12,19H,2,6H2,1H3. The molecule has 0 spiro atoms. The highest BCUT2D eigenvalue weighted by atomic mass is 79.9. The van der Waals surface area contributed by atoms with Crippen LogP contribution in [0, 0.1) is 5.82 Å². The van der Waals surface area contributed by atoms with Gasteiger partial charge in [-0.3, -0.25) is 0 Å². The monoisotopic (exact) mass is 483 g/mol. The number of likely N-dealkylation sites (N-methyl/N-ethyl adjacent to an activating group) is 1. The first kappa shape index (κ1) is 16.6. The third kappa shape index (κ3) is 4.13. The smallest absolute Gasteiger partial charge is 0.126 e. The Morgan fingerprint density at radius 3 is 2.60 bits per heavy atom. The Balaban J connectivity index is 2.30. The molecule has 0 saturated carbocycles. The normalized spacial score (nSPS) is 12.7. The summed E-state index contributed by atoms with van der Waals surface area (Å²) in [6, 6.07) is 7.23. The second-order valence-corrected chi connectivity index (χ2v) is 8.99. The van der Waals surface area contributed by atoms with E-state index in [1.807, 2.05) is 6.07 Å². The van der Waals surface area contributed by atoms with Gasteiger partial charge in [-0.05, 0) is 80.2 Å². The van der Waals surface area contributed by atoms with E-state index >= 15 is 0 Å². The van der Waals surface area contributed by atoms with Crippen molar-refractivity contribution in [2.24, 2.45) is 0 Å². The Hall–Kier alpha value is 0.250. The van der Waals surface area contributed by atoms with Crippen molar-refractivity contribution >= 4 is 59.1 Å². The van der Waals surface area contributed by atoms with Gasteiger partial charge in [-0.25, -0.2) is 4.39 Å². The minimum Gasteiger partial charge on any atom is -0.310 e. The van der Waals surface area contributed by atoms with Gasteiger partial charge in [0.2, 0.25) is 0 Å². The lowest BCUT2D eigenvalue weighted by atomic mass is 10.0. The molecule has 0 saturated heterocycles. The molecule has 20 heavy (non-hydrogen) atoms. The second-order valence-electron chi connectivity index (χ2n) is 4.33. The van der Waals surface area contributed by atoms with Crippen LogP contribution >= 0.6 is 59.1 Å². The third-order valence-corrected chi connectivity index (χ3v) is 5.82. The second kappa shape index (κ2) is 7.49. The van der Waals surface area contributed by atoms with Crippen molar-refractivity contribution in [3.63, 3.8) is 0 Å². The van der Waals surface area contributed by atoms with Gasteiger partial charge in [0, 0.05) is 10.5 Å². The summed E-state index contributed by atoms with van der Waals surface area (Å²) in [4.78, 5) is 0. The van der Waals surface area contributed by atoms with Gasteiger partial charge in [0.1, 0.15) is 5.82 Å². The molecule has 1 heterocycles. The summed E-state index contributed by atoms with van der Waals surface area (Å²) >= 11 is 12.1. The van der Waals surface area contributed by atoms with Gasteiger partial charge >= 0.3 is 0 Å². The molecule has 1 atom stereocenters. The molecule has 1 aromatic carbocycles. The van der Waals surface area contributed by atoms with Crippen molar-refractivity contribution in [3.8, 4) is 0 Å². The Bertz CT molecular complexity index is 600. The number of benzene rings is 1. The minimum absolute atomic E-state index is 0.0840. The van der Waals surface area contributed by atoms with Gasteiger partial charge in [-0.1, -0.05) is 22.9 Å². The summed E-state index contributed by atoms with van der Waals surface area (Å²) in [7, 11) is 0. The van der Waals surface area contributed by atoms with Gasteiger partial charge in [0.05, 0.1) is 7.57 Å².